The van der Waals surface area contributed by atoms with Crippen molar-refractivity contribution in [1.29, 1.82) is 0 Å². The Morgan fingerprint density at radius 3 is 2.81 bits per heavy atom. The van der Waals surface area contributed by atoms with Gasteiger partial charge in [0, 0.05) is 29.8 Å². The number of amides is 2. The lowest BCUT2D eigenvalue weighted by Crippen LogP contribution is -2.22. The van der Waals surface area contributed by atoms with Gasteiger partial charge in [-0.15, -0.1) is 0 Å². The van der Waals surface area contributed by atoms with Gasteiger partial charge in [-0.05, 0) is 25.3 Å². The summed E-state index contributed by atoms with van der Waals surface area (Å²) in [7, 11) is 0. The summed E-state index contributed by atoms with van der Waals surface area (Å²) < 4.78 is 15.4. The summed E-state index contributed by atoms with van der Waals surface area (Å²) in [4.78, 5) is 29.9. The molecule has 27 heavy (non-hydrogen) atoms. The third-order valence-electron chi connectivity index (χ3n) is 5.10. The second-order valence-electron chi connectivity index (χ2n) is 7.31. The normalized spacial score (nSPS) is 24.3. The molecule has 0 bridgehead atoms. The van der Waals surface area contributed by atoms with Crippen LogP contribution in [0.15, 0.2) is 17.8 Å². The van der Waals surface area contributed by atoms with E-state index in [0.717, 1.165) is 18.7 Å². The van der Waals surface area contributed by atoms with Crippen LogP contribution in [0.25, 0.3) is 11.7 Å². The molecule has 0 aromatic carbocycles. The van der Waals surface area contributed by atoms with Gasteiger partial charge in [0.2, 0.25) is 5.91 Å². The summed E-state index contributed by atoms with van der Waals surface area (Å²) in [5.74, 6) is 0.805. The van der Waals surface area contributed by atoms with E-state index in [1.54, 1.807) is 16.8 Å². The Balaban J connectivity index is 1.59. The molecule has 2 aliphatic heterocycles. The number of nitrogens with one attached hydrogen (secondary N) is 2. The molecule has 1 aliphatic carbocycles. The van der Waals surface area contributed by atoms with E-state index in [9.17, 15) is 14.0 Å². The van der Waals surface area contributed by atoms with Crippen LogP contribution in [-0.4, -0.2) is 51.7 Å². The molecule has 5 rings (SSSR count). The number of hydrogen-bond donors (Lipinski definition) is 2. The number of aromatic nitrogens is 3. The molecule has 2 N–H and O–H groups in total. The molecule has 2 aromatic rings. The first-order chi connectivity index (χ1) is 13.1. The van der Waals surface area contributed by atoms with Crippen LogP contribution in [0, 0.1) is 0 Å². The molecule has 1 atom stereocenters. The molecular formula is C18H19FN6O2. The van der Waals surface area contributed by atoms with Gasteiger partial charge in [-0.1, -0.05) is 0 Å². The van der Waals surface area contributed by atoms with E-state index in [1.807, 2.05) is 11.0 Å². The zero-order chi connectivity index (χ0) is 18.5. The first-order valence-corrected chi connectivity index (χ1v) is 9.16. The summed E-state index contributed by atoms with van der Waals surface area (Å²) in [6.07, 6.45) is 5.21. The summed E-state index contributed by atoms with van der Waals surface area (Å²) in [6, 6.07) is 2.32. The maximum atomic E-state index is 13.7. The summed E-state index contributed by atoms with van der Waals surface area (Å²) in [5, 5.41) is 10.1. The second kappa shape index (κ2) is 6.04. The topological polar surface area (TPSA) is 91.6 Å². The predicted molar refractivity (Wildman–Crippen MR) is 97.1 cm³/mol. The number of hydrogen-bond acceptors (Lipinski definition) is 6. The summed E-state index contributed by atoms with van der Waals surface area (Å²) >= 11 is 0. The van der Waals surface area contributed by atoms with Crippen LogP contribution in [0.4, 0.5) is 16.0 Å². The third kappa shape index (κ3) is 3.02. The van der Waals surface area contributed by atoms with Crippen molar-refractivity contribution >= 4 is 35.2 Å². The molecule has 0 spiro atoms. The molecule has 3 fully saturated rings. The van der Waals surface area contributed by atoms with E-state index >= 15 is 0 Å². The van der Waals surface area contributed by atoms with Crippen molar-refractivity contribution in [2.45, 2.75) is 37.9 Å². The average molecular weight is 370 g/mol. The number of alkyl halides is 1. The molecule has 1 saturated carbocycles. The number of anilines is 2. The standard InChI is InChI=1S/C18H19FN6O2/c19-12-3-4-24(9-12)14-7-15(21-13-1-2-13)25-17(22-14)11(8-20-25)5-10-6-16(26)23-18(10)27/h5,7-8,12-13,21H,1-4,6,9H2,(H,23,26,27)/b10-5+/t12-/m1/s1. The van der Waals surface area contributed by atoms with Crippen molar-refractivity contribution in [3.8, 4) is 0 Å². The van der Waals surface area contributed by atoms with Gasteiger partial charge in [0.1, 0.15) is 17.8 Å². The monoisotopic (exact) mass is 370 g/mol. The molecule has 140 valence electrons. The molecule has 0 unspecified atom stereocenters. The fraction of sp³-hybridized carbons (Fsp3) is 0.444. The fourth-order valence-electron chi connectivity index (χ4n) is 3.50. The van der Waals surface area contributed by atoms with Crippen LogP contribution >= 0.6 is 0 Å². The molecular weight excluding hydrogens is 351 g/mol. The zero-order valence-electron chi connectivity index (χ0n) is 14.6. The molecule has 9 heteroatoms. The fourth-order valence-corrected chi connectivity index (χ4v) is 3.50. The number of carbonyl (C=O) groups excluding carboxylic acids is 2. The molecule has 3 aliphatic rings. The van der Waals surface area contributed by atoms with E-state index in [0.29, 0.717) is 48.2 Å². The lowest BCUT2D eigenvalue weighted by atomic mass is 10.1. The number of carbonyl (C=O) groups is 2. The van der Waals surface area contributed by atoms with Gasteiger partial charge in [-0.3, -0.25) is 14.9 Å². The van der Waals surface area contributed by atoms with Crippen LogP contribution in [0.3, 0.4) is 0 Å². The van der Waals surface area contributed by atoms with Crippen LogP contribution in [0.1, 0.15) is 31.2 Å². The van der Waals surface area contributed by atoms with Gasteiger partial charge in [-0.2, -0.15) is 9.61 Å². The van der Waals surface area contributed by atoms with E-state index in [-0.39, 0.29) is 18.2 Å². The van der Waals surface area contributed by atoms with E-state index in [4.69, 9.17) is 0 Å². The highest BCUT2D eigenvalue weighted by Crippen LogP contribution is 2.30. The Labute approximate surface area is 154 Å². The minimum atomic E-state index is -0.845. The number of rotatable bonds is 4. The van der Waals surface area contributed by atoms with Crippen molar-refractivity contribution < 1.29 is 14.0 Å². The number of halogens is 1. The number of nitrogens with zero attached hydrogens (tertiary/aromatic N) is 4. The van der Waals surface area contributed by atoms with Crippen molar-refractivity contribution in [2.75, 3.05) is 23.3 Å². The van der Waals surface area contributed by atoms with Crippen LogP contribution in [-0.2, 0) is 9.59 Å². The Bertz CT molecular complexity index is 980. The van der Waals surface area contributed by atoms with Crippen molar-refractivity contribution in [2.24, 2.45) is 0 Å². The first-order valence-electron chi connectivity index (χ1n) is 9.16. The van der Waals surface area contributed by atoms with Crippen molar-refractivity contribution in [1.82, 2.24) is 19.9 Å². The Kier molecular flexibility index (Phi) is 3.63. The van der Waals surface area contributed by atoms with E-state index in [1.165, 1.54) is 0 Å². The molecule has 0 radical (unpaired) electrons. The van der Waals surface area contributed by atoms with Crippen LogP contribution in [0.2, 0.25) is 0 Å². The van der Waals surface area contributed by atoms with Gasteiger partial charge in [0.25, 0.3) is 5.91 Å². The van der Waals surface area contributed by atoms with Gasteiger partial charge in [-0.25, -0.2) is 9.37 Å². The maximum Gasteiger partial charge on any atom is 0.254 e. The van der Waals surface area contributed by atoms with Gasteiger partial charge < -0.3 is 10.2 Å². The first kappa shape index (κ1) is 16.2. The highest BCUT2D eigenvalue weighted by atomic mass is 19.1. The molecule has 2 aromatic heterocycles. The predicted octanol–water partition coefficient (Wildman–Crippen LogP) is 1.28. The average Bonchev–Trinajstić information content (AvgIpc) is 3.04. The zero-order valence-corrected chi connectivity index (χ0v) is 14.6. The molecule has 4 heterocycles. The van der Waals surface area contributed by atoms with E-state index in [2.05, 4.69) is 20.7 Å². The second-order valence-corrected chi connectivity index (χ2v) is 7.31. The van der Waals surface area contributed by atoms with Crippen molar-refractivity contribution in [3.63, 3.8) is 0 Å². The SMILES string of the molecule is O=C1C/C(=C\c2cnn3c(NC4CC4)cc(N4CC[C@@H](F)C4)nc23)C(=O)N1. The number of fused-ring (bicyclic) bond motifs is 1. The Morgan fingerprint density at radius 1 is 1.30 bits per heavy atom. The highest BCUT2D eigenvalue weighted by Gasteiger charge is 2.28. The lowest BCUT2D eigenvalue weighted by molar-refractivity contribution is -0.124. The largest absolute Gasteiger partial charge is 0.367 e. The minimum absolute atomic E-state index is 0.0543. The number of imide groups is 1. The molecule has 8 nitrogen and oxygen atoms in total. The molecule has 2 saturated heterocycles. The van der Waals surface area contributed by atoms with Gasteiger partial charge in [0.05, 0.1) is 19.2 Å². The van der Waals surface area contributed by atoms with Crippen molar-refractivity contribution in [3.05, 3.63) is 23.4 Å². The Hall–Kier alpha value is -2.97. The summed E-state index contributed by atoms with van der Waals surface area (Å²) in [6.45, 7) is 0.947. The summed E-state index contributed by atoms with van der Waals surface area (Å²) in [5.41, 5.74) is 1.63. The highest BCUT2D eigenvalue weighted by molar-refractivity contribution is 6.15. The molecule has 2 amide bonds. The third-order valence-corrected chi connectivity index (χ3v) is 5.10. The van der Waals surface area contributed by atoms with Crippen LogP contribution < -0.4 is 15.5 Å². The minimum Gasteiger partial charge on any atom is -0.367 e. The Morgan fingerprint density at radius 2 is 2.15 bits per heavy atom. The lowest BCUT2D eigenvalue weighted by Gasteiger charge is -2.18. The van der Waals surface area contributed by atoms with E-state index < -0.39 is 6.17 Å². The van der Waals surface area contributed by atoms with Gasteiger partial charge >= 0.3 is 0 Å². The maximum absolute atomic E-state index is 13.7. The quantitative estimate of drug-likeness (QED) is 0.622. The van der Waals surface area contributed by atoms with Gasteiger partial charge in [0.15, 0.2) is 5.65 Å². The smallest absolute Gasteiger partial charge is 0.254 e. The van der Waals surface area contributed by atoms with Crippen LogP contribution in [0.5, 0.6) is 0 Å².